The summed E-state index contributed by atoms with van der Waals surface area (Å²) in [6, 6.07) is 22.5. The van der Waals surface area contributed by atoms with E-state index >= 15 is 0 Å². The van der Waals surface area contributed by atoms with Crippen LogP contribution < -0.4 is 5.32 Å². The van der Waals surface area contributed by atoms with Crippen LogP contribution in [-0.2, 0) is 17.6 Å². The van der Waals surface area contributed by atoms with E-state index in [9.17, 15) is 10.1 Å². The van der Waals surface area contributed by atoms with E-state index in [1.54, 1.807) is 0 Å². The molecule has 156 valence electrons. The van der Waals surface area contributed by atoms with Crippen molar-refractivity contribution < 1.29 is 4.79 Å². The molecule has 0 aliphatic heterocycles. The lowest BCUT2D eigenvalue weighted by molar-refractivity contribution is -0.115. The Morgan fingerprint density at radius 2 is 1.97 bits per heavy atom. The van der Waals surface area contributed by atoms with E-state index in [1.807, 2.05) is 43.3 Å². The molecular weight excluding hydrogens is 517 g/mol. The number of carbonyl (C=O) groups excluding carboxylic acids is 1. The summed E-state index contributed by atoms with van der Waals surface area (Å²) in [4.78, 5) is 17.5. The Morgan fingerprint density at radius 3 is 2.68 bits per heavy atom. The standard InChI is InChI=1S/C25H22IN3OS/c1-16(24(30)28-22-10-8-21(26)9-11-22)31-25-20(15-27)14-19-13-18(7-12-23(19)29-25)17-5-3-2-4-6-17/h2-6,8-11,14,16,18H,7,12-13H2,1H3,(H,28,30). The molecule has 1 aliphatic rings. The lowest BCUT2D eigenvalue weighted by Gasteiger charge is -2.25. The van der Waals surface area contributed by atoms with Crippen molar-refractivity contribution in [1.82, 2.24) is 4.98 Å². The number of aryl methyl sites for hydroxylation is 1. The van der Waals surface area contributed by atoms with Crippen LogP contribution in [-0.4, -0.2) is 16.1 Å². The number of aromatic nitrogens is 1. The topological polar surface area (TPSA) is 65.8 Å². The molecule has 0 fully saturated rings. The largest absolute Gasteiger partial charge is 0.325 e. The third-order valence-electron chi connectivity index (χ3n) is 5.51. The van der Waals surface area contributed by atoms with E-state index in [1.165, 1.54) is 17.3 Å². The summed E-state index contributed by atoms with van der Waals surface area (Å²) in [6.07, 6.45) is 2.83. The van der Waals surface area contributed by atoms with Crippen LogP contribution in [0.25, 0.3) is 0 Å². The molecule has 1 heterocycles. The number of fused-ring (bicyclic) bond motifs is 1. The van der Waals surface area contributed by atoms with Crippen molar-refractivity contribution in [3.05, 3.63) is 86.6 Å². The molecule has 0 saturated heterocycles. The van der Waals surface area contributed by atoms with Gasteiger partial charge >= 0.3 is 0 Å². The average Bonchev–Trinajstić information content (AvgIpc) is 2.80. The van der Waals surface area contributed by atoms with Gasteiger partial charge in [0.2, 0.25) is 5.91 Å². The molecule has 1 aromatic heterocycles. The monoisotopic (exact) mass is 539 g/mol. The van der Waals surface area contributed by atoms with Crippen LogP contribution in [0.5, 0.6) is 0 Å². The van der Waals surface area contributed by atoms with Gasteiger partial charge in [0, 0.05) is 15.0 Å². The zero-order valence-corrected chi connectivity index (χ0v) is 20.1. The summed E-state index contributed by atoms with van der Waals surface area (Å²) in [7, 11) is 0. The van der Waals surface area contributed by atoms with Crippen molar-refractivity contribution in [1.29, 1.82) is 5.26 Å². The van der Waals surface area contributed by atoms with Crippen LogP contribution in [0.3, 0.4) is 0 Å². The summed E-state index contributed by atoms with van der Waals surface area (Å²) < 4.78 is 1.12. The minimum absolute atomic E-state index is 0.0984. The van der Waals surface area contributed by atoms with Gasteiger partial charge in [0.1, 0.15) is 11.1 Å². The molecule has 1 aliphatic carbocycles. The summed E-state index contributed by atoms with van der Waals surface area (Å²) >= 11 is 3.58. The summed E-state index contributed by atoms with van der Waals surface area (Å²) in [6.45, 7) is 1.85. The second kappa shape index (κ2) is 9.84. The highest BCUT2D eigenvalue weighted by molar-refractivity contribution is 14.1. The fourth-order valence-electron chi connectivity index (χ4n) is 3.82. The molecule has 1 amide bonds. The van der Waals surface area contributed by atoms with Crippen LogP contribution >= 0.6 is 34.4 Å². The molecule has 0 spiro atoms. The zero-order valence-electron chi connectivity index (χ0n) is 17.1. The van der Waals surface area contributed by atoms with E-state index in [4.69, 9.17) is 4.98 Å². The van der Waals surface area contributed by atoms with Gasteiger partial charge in [0.25, 0.3) is 0 Å². The predicted octanol–water partition coefficient (Wildman–Crippen LogP) is 5.95. The van der Waals surface area contributed by atoms with Gasteiger partial charge in [-0.05, 0) is 96.2 Å². The third-order valence-corrected chi connectivity index (χ3v) is 7.33. The number of hydrogen-bond acceptors (Lipinski definition) is 4. The van der Waals surface area contributed by atoms with E-state index in [0.29, 0.717) is 16.5 Å². The van der Waals surface area contributed by atoms with Gasteiger partial charge in [-0.2, -0.15) is 5.26 Å². The Kier molecular flexibility index (Phi) is 6.93. The first-order chi connectivity index (χ1) is 15.0. The number of nitrogens with zero attached hydrogens (tertiary/aromatic N) is 2. The van der Waals surface area contributed by atoms with Gasteiger partial charge in [0.15, 0.2) is 0 Å². The molecule has 3 aromatic rings. The van der Waals surface area contributed by atoms with Gasteiger partial charge in [0.05, 0.1) is 10.8 Å². The molecule has 2 atom stereocenters. The lowest BCUT2D eigenvalue weighted by atomic mass is 9.82. The number of anilines is 1. The quantitative estimate of drug-likeness (QED) is 0.322. The summed E-state index contributed by atoms with van der Waals surface area (Å²) in [5.41, 5.74) is 4.86. The molecule has 4 rings (SSSR count). The number of nitriles is 1. The van der Waals surface area contributed by atoms with E-state index in [-0.39, 0.29) is 11.2 Å². The van der Waals surface area contributed by atoms with Crippen LogP contribution in [0.15, 0.2) is 65.7 Å². The van der Waals surface area contributed by atoms with Crippen LogP contribution in [0.1, 0.15) is 41.6 Å². The Morgan fingerprint density at radius 1 is 1.23 bits per heavy atom. The first-order valence-electron chi connectivity index (χ1n) is 10.2. The van der Waals surface area contributed by atoms with E-state index in [0.717, 1.165) is 39.8 Å². The highest BCUT2D eigenvalue weighted by Crippen LogP contribution is 2.35. The number of pyridine rings is 1. The smallest absolute Gasteiger partial charge is 0.237 e. The minimum atomic E-state index is -0.363. The number of nitrogens with one attached hydrogen (secondary N) is 1. The molecule has 0 bridgehead atoms. The maximum atomic E-state index is 12.6. The predicted molar refractivity (Wildman–Crippen MR) is 133 cm³/mol. The fourth-order valence-corrected chi connectivity index (χ4v) is 5.08. The Labute approximate surface area is 200 Å². The first kappa shape index (κ1) is 21.8. The van der Waals surface area contributed by atoms with E-state index in [2.05, 4.69) is 58.2 Å². The normalized spacial score (nSPS) is 16.1. The second-order valence-corrected chi connectivity index (χ2v) is 10.2. The minimum Gasteiger partial charge on any atom is -0.325 e. The number of halogens is 1. The van der Waals surface area contributed by atoms with Crippen LogP contribution in [0.2, 0.25) is 0 Å². The van der Waals surface area contributed by atoms with Crippen molar-refractivity contribution in [2.24, 2.45) is 0 Å². The zero-order chi connectivity index (χ0) is 21.8. The van der Waals surface area contributed by atoms with Gasteiger partial charge in [-0.15, -0.1) is 0 Å². The molecule has 6 heteroatoms. The molecular formula is C25H22IN3OS. The Hall–Kier alpha value is -2.37. The van der Waals surface area contributed by atoms with Crippen molar-refractivity contribution in [2.45, 2.75) is 42.4 Å². The van der Waals surface area contributed by atoms with E-state index < -0.39 is 0 Å². The van der Waals surface area contributed by atoms with Crippen molar-refractivity contribution in [3.8, 4) is 6.07 Å². The number of amides is 1. The molecule has 31 heavy (non-hydrogen) atoms. The fraction of sp³-hybridized carbons (Fsp3) is 0.240. The molecule has 2 unspecified atom stereocenters. The third kappa shape index (κ3) is 5.28. The highest BCUT2D eigenvalue weighted by atomic mass is 127. The van der Waals surface area contributed by atoms with Crippen molar-refractivity contribution in [2.75, 3.05) is 5.32 Å². The molecule has 1 N–H and O–H groups in total. The molecule has 0 saturated carbocycles. The van der Waals surface area contributed by atoms with Crippen LogP contribution in [0.4, 0.5) is 5.69 Å². The van der Waals surface area contributed by atoms with Crippen LogP contribution in [0, 0.1) is 14.9 Å². The number of hydrogen-bond donors (Lipinski definition) is 1. The Balaban J connectivity index is 1.48. The second-order valence-electron chi connectivity index (χ2n) is 7.67. The number of rotatable bonds is 5. The van der Waals surface area contributed by atoms with Gasteiger partial charge in [-0.1, -0.05) is 42.1 Å². The van der Waals surface area contributed by atoms with Gasteiger partial charge in [-0.3, -0.25) is 4.79 Å². The molecule has 0 radical (unpaired) electrons. The number of thioether (sulfide) groups is 1. The average molecular weight is 539 g/mol. The first-order valence-corrected chi connectivity index (χ1v) is 12.2. The van der Waals surface area contributed by atoms with Gasteiger partial charge in [-0.25, -0.2) is 4.98 Å². The maximum Gasteiger partial charge on any atom is 0.237 e. The maximum absolute atomic E-state index is 12.6. The van der Waals surface area contributed by atoms with Gasteiger partial charge < -0.3 is 5.32 Å². The Bertz CT molecular complexity index is 1130. The molecule has 4 nitrogen and oxygen atoms in total. The van der Waals surface area contributed by atoms with Crippen molar-refractivity contribution >= 4 is 45.9 Å². The highest BCUT2D eigenvalue weighted by Gasteiger charge is 2.24. The summed E-state index contributed by atoms with van der Waals surface area (Å²) in [5, 5.41) is 12.9. The number of benzene rings is 2. The SMILES string of the molecule is CC(Sc1nc2c(cc1C#N)CC(c1ccccc1)CC2)C(=O)Nc1ccc(I)cc1. The number of carbonyl (C=O) groups is 1. The van der Waals surface area contributed by atoms with Crippen molar-refractivity contribution in [3.63, 3.8) is 0 Å². The summed E-state index contributed by atoms with van der Waals surface area (Å²) in [5.74, 6) is 0.359. The lowest BCUT2D eigenvalue weighted by Crippen LogP contribution is -2.23. The molecule has 2 aromatic carbocycles.